The third kappa shape index (κ3) is 10.2. The van der Waals surface area contributed by atoms with Crippen molar-refractivity contribution in [3.05, 3.63) is 65.3 Å². The van der Waals surface area contributed by atoms with Crippen LogP contribution in [0.3, 0.4) is 0 Å². The summed E-state index contributed by atoms with van der Waals surface area (Å²) in [4.78, 5) is 53.6. The average Bonchev–Trinajstić information content (AvgIpc) is 2.97. The second kappa shape index (κ2) is 15.9. The highest BCUT2D eigenvalue weighted by Crippen LogP contribution is 2.36. The molecule has 1 aliphatic carbocycles. The number of nitrogens with two attached hydrogens (primary N) is 1. The number of amides is 4. The van der Waals surface area contributed by atoms with Crippen LogP contribution in [0.5, 0.6) is 0 Å². The van der Waals surface area contributed by atoms with Gasteiger partial charge in [0.05, 0.1) is 18.1 Å². The molecule has 46 heavy (non-hydrogen) atoms. The number of carboxylic acids is 1. The van der Waals surface area contributed by atoms with Gasteiger partial charge in [0, 0.05) is 30.3 Å². The molecule has 0 aromatic heterocycles. The molecule has 0 radical (unpaired) electrons. The quantitative estimate of drug-likeness (QED) is 0.140. The van der Waals surface area contributed by atoms with Crippen molar-refractivity contribution in [2.75, 3.05) is 19.8 Å². The van der Waals surface area contributed by atoms with Crippen molar-refractivity contribution in [1.82, 2.24) is 26.2 Å². The zero-order valence-electron chi connectivity index (χ0n) is 29.0. The van der Waals surface area contributed by atoms with Gasteiger partial charge in [-0.05, 0) is 49.4 Å². The third-order valence-corrected chi connectivity index (χ3v) is 8.57. The van der Waals surface area contributed by atoms with Crippen LogP contribution >= 0.6 is 0 Å². The van der Waals surface area contributed by atoms with Gasteiger partial charge in [-0.25, -0.2) is 9.59 Å². The van der Waals surface area contributed by atoms with Crippen molar-refractivity contribution < 1.29 is 24.3 Å². The highest BCUT2D eigenvalue weighted by atomic mass is 16.4. The number of rotatable bonds is 13. The Morgan fingerprint density at radius 1 is 1.07 bits per heavy atom. The van der Waals surface area contributed by atoms with E-state index in [1.54, 1.807) is 32.3 Å². The maximum atomic E-state index is 14.0. The minimum Gasteiger partial charge on any atom is -0.478 e. The van der Waals surface area contributed by atoms with E-state index in [-0.39, 0.29) is 35.4 Å². The van der Waals surface area contributed by atoms with Gasteiger partial charge in [0.1, 0.15) is 6.04 Å². The van der Waals surface area contributed by atoms with Crippen molar-refractivity contribution in [2.45, 2.75) is 92.5 Å². The minimum atomic E-state index is -1.05. The van der Waals surface area contributed by atoms with Crippen LogP contribution in [0.2, 0.25) is 0 Å². The molecule has 4 amide bonds. The molecule has 0 saturated heterocycles. The van der Waals surface area contributed by atoms with Gasteiger partial charge >= 0.3 is 12.0 Å². The van der Waals surface area contributed by atoms with E-state index < -0.39 is 34.9 Å². The van der Waals surface area contributed by atoms with E-state index in [2.05, 4.69) is 21.3 Å². The summed E-state index contributed by atoms with van der Waals surface area (Å²) in [6.45, 7) is 15.3. The number of likely N-dealkylation sites (N-methyl/N-ethyl adjacent to an activating group) is 2. The number of allylic oxidation sites excluding steroid dienone is 2. The smallest absolute Gasteiger partial charge is 0.331 e. The second-order valence-electron chi connectivity index (χ2n) is 14.0. The molecule has 0 heterocycles. The molecule has 0 saturated carbocycles. The number of carbonyl (C=O) groups is 4. The summed E-state index contributed by atoms with van der Waals surface area (Å²) in [5.74, 6) is -1.75. The average molecular weight is 639 g/mol. The summed E-state index contributed by atoms with van der Waals surface area (Å²) >= 11 is 0. The van der Waals surface area contributed by atoms with E-state index in [4.69, 9.17) is 5.73 Å². The van der Waals surface area contributed by atoms with Gasteiger partial charge in [0.25, 0.3) is 0 Å². The SMILES string of the molecule is CN[C@H](C(=O)N[C@H](C(=O)N(C)[C@H](/C=C(\C)C(=O)O)C(C)C)C(C)(C)C)C(C)(C)C1=CC=CC(NC(=O)NCc2ccc(N)cc2)C1. The lowest BCUT2D eigenvalue weighted by Gasteiger charge is -2.41. The number of nitrogen functional groups attached to an aromatic ring is 1. The summed E-state index contributed by atoms with van der Waals surface area (Å²) < 4.78 is 0. The first-order valence-electron chi connectivity index (χ1n) is 15.7. The lowest BCUT2D eigenvalue weighted by Crippen LogP contribution is -2.61. The summed E-state index contributed by atoms with van der Waals surface area (Å²) in [5.41, 5.74) is 7.09. The highest BCUT2D eigenvalue weighted by molar-refractivity contribution is 5.91. The Morgan fingerprint density at radius 3 is 2.20 bits per heavy atom. The molecule has 1 aromatic carbocycles. The molecular weight excluding hydrogens is 584 g/mol. The van der Waals surface area contributed by atoms with Crippen LogP contribution in [-0.4, -0.2) is 72.1 Å². The molecule has 0 fully saturated rings. The fourth-order valence-electron chi connectivity index (χ4n) is 5.60. The number of carboxylic acid groups (broad SMARTS) is 1. The number of carbonyl (C=O) groups excluding carboxylic acids is 3. The zero-order chi connectivity index (χ0) is 35.0. The molecule has 0 aliphatic heterocycles. The molecular formula is C35H54N6O5. The number of hydrogen-bond donors (Lipinski definition) is 6. The van der Waals surface area contributed by atoms with Crippen molar-refractivity contribution in [3.8, 4) is 0 Å². The monoisotopic (exact) mass is 638 g/mol. The van der Waals surface area contributed by atoms with Crippen molar-refractivity contribution in [3.63, 3.8) is 0 Å². The molecule has 0 spiro atoms. The maximum absolute atomic E-state index is 14.0. The molecule has 1 aliphatic rings. The fourth-order valence-corrected chi connectivity index (χ4v) is 5.60. The Morgan fingerprint density at radius 2 is 1.67 bits per heavy atom. The van der Waals surface area contributed by atoms with Gasteiger partial charge in [-0.2, -0.15) is 0 Å². The van der Waals surface area contributed by atoms with E-state index in [1.807, 2.05) is 78.8 Å². The predicted octanol–water partition coefficient (Wildman–Crippen LogP) is 3.98. The van der Waals surface area contributed by atoms with Crippen LogP contribution in [0.4, 0.5) is 10.5 Å². The van der Waals surface area contributed by atoms with E-state index in [9.17, 15) is 24.3 Å². The zero-order valence-corrected chi connectivity index (χ0v) is 29.0. The number of hydrogen-bond acceptors (Lipinski definition) is 6. The van der Waals surface area contributed by atoms with Crippen LogP contribution in [-0.2, 0) is 20.9 Å². The van der Waals surface area contributed by atoms with Crippen molar-refractivity contribution in [2.24, 2.45) is 16.7 Å². The van der Waals surface area contributed by atoms with Gasteiger partial charge in [0.2, 0.25) is 11.8 Å². The number of nitrogens with zero attached hydrogens (tertiary/aromatic N) is 1. The predicted molar refractivity (Wildman–Crippen MR) is 183 cm³/mol. The lowest BCUT2D eigenvalue weighted by atomic mass is 9.73. The van der Waals surface area contributed by atoms with Crippen LogP contribution < -0.4 is 27.0 Å². The van der Waals surface area contributed by atoms with Gasteiger partial charge in [-0.3, -0.25) is 9.59 Å². The molecule has 4 atom stereocenters. The summed E-state index contributed by atoms with van der Waals surface area (Å²) in [5, 5.41) is 21.5. The molecule has 1 unspecified atom stereocenters. The van der Waals surface area contributed by atoms with E-state index in [1.165, 1.54) is 11.8 Å². The Hall–Kier alpha value is -4.12. The Kier molecular flexibility index (Phi) is 13.2. The summed E-state index contributed by atoms with van der Waals surface area (Å²) in [6, 6.07) is 4.64. The summed E-state index contributed by atoms with van der Waals surface area (Å²) in [7, 11) is 3.35. The van der Waals surface area contributed by atoms with Gasteiger partial charge in [-0.1, -0.05) is 90.5 Å². The Labute approximate surface area is 274 Å². The standard InChI is InChI=1S/C35H54N6O5/c1-21(2)27(18-22(3)32(44)45)41(10)31(43)29(34(4,5)6)40-30(42)28(37-9)35(7,8)24-12-11-13-26(19-24)39-33(46)38-20-23-14-16-25(36)17-15-23/h11-18,21,26-29,37H,19-20,36H2,1-10H3,(H,40,42)(H,44,45)(H2,38,39,46)/b22-18+/t26?,27-,28-,29-/m1/s1. The van der Waals surface area contributed by atoms with Gasteiger partial charge in [0.15, 0.2) is 0 Å². The fraction of sp³-hybridized carbons (Fsp3) is 0.543. The normalized spacial score (nSPS) is 17.4. The first-order valence-corrected chi connectivity index (χ1v) is 15.7. The Balaban J connectivity index is 2.18. The molecule has 254 valence electrons. The van der Waals surface area contributed by atoms with E-state index in [0.717, 1.165) is 11.1 Å². The summed E-state index contributed by atoms with van der Waals surface area (Å²) in [6.07, 6.45) is 7.84. The van der Waals surface area contributed by atoms with Crippen LogP contribution in [0.15, 0.2) is 59.7 Å². The van der Waals surface area contributed by atoms with Crippen LogP contribution in [0.25, 0.3) is 0 Å². The molecule has 2 rings (SSSR count). The number of urea groups is 1. The highest BCUT2D eigenvalue weighted by Gasteiger charge is 2.42. The first-order chi connectivity index (χ1) is 21.3. The van der Waals surface area contributed by atoms with Crippen molar-refractivity contribution in [1.29, 1.82) is 0 Å². The van der Waals surface area contributed by atoms with E-state index >= 15 is 0 Å². The molecule has 11 nitrogen and oxygen atoms in total. The topological polar surface area (TPSA) is 166 Å². The van der Waals surface area contributed by atoms with E-state index in [0.29, 0.717) is 18.7 Å². The molecule has 7 N–H and O–H groups in total. The number of anilines is 1. The first kappa shape index (κ1) is 38.1. The molecule has 0 bridgehead atoms. The minimum absolute atomic E-state index is 0.0591. The Bertz CT molecular complexity index is 1340. The number of nitrogens with one attached hydrogen (secondary N) is 4. The lowest BCUT2D eigenvalue weighted by molar-refractivity contribution is -0.141. The van der Waals surface area contributed by atoms with Crippen molar-refractivity contribution >= 4 is 29.5 Å². The van der Waals surface area contributed by atoms with Gasteiger partial charge in [-0.15, -0.1) is 0 Å². The van der Waals surface area contributed by atoms with Crippen LogP contribution in [0.1, 0.15) is 67.4 Å². The number of benzene rings is 1. The maximum Gasteiger partial charge on any atom is 0.331 e. The largest absolute Gasteiger partial charge is 0.478 e. The van der Waals surface area contributed by atoms with Crippen LogP contribution in [0, 0.1) is 16.7 Å². The second-order valence-corrected chi connectivity index (χ2v) is 14.0. The number of aliphatic carboxylic acids is 1. The van der Waals surface area contributed by atoms with Gasteiger partial charge < -0.3 is 37.0 Å². The molecule has 1 aromatic rings. The molecule has 11 heteroatoms. The third-order valence-electron chi connectivity index (χ3n) is 8.57.